The molecule has 2 heterocycles. The first-order chi connectivity index (χ1) is 13.1. The highest BCUT2D eigenvalue weighted by Crippen LogP contribution is 2.23. The molecule has 2 aromatic rings. The van der Waals surface area contributed by atoms with E-state index >= 15 is 0 Å². The van der Waals surface area contributed by atoms with Crippen molar-refractivity contribution in [3.05, 3.63) is 53.7 Å². The van der Waals surface area contributed by atoms with Gasteiger partial charge in [-0.2, -0.15) is 0 Å². The molecular formula is C21H25N3O3. The Bertz CT molecular complexity index is 816. The molecule has 1 aliphatic heterocycles. The van der Waals surface area contributed by atoms with Gasteiger partial charge < -0.3 is 15.4 Å². The summed E-state index contributed by atoms with van der Waals surface area (Å²) >= 11 is 0. The molecule has 0 aliphatic carbocycles. The third-order valence-electron chi connectivity index (χ3n) is 4.85. The van der Waals surface area contributed by atoms with Gasteiger partial charge in [0, 0.05) is 37.5 Å². The highest BCUT2D eigenvalue weighted by Gasteiger charge is 2.18. The van der Waals surface area contributed by atoms with Gasteiger partial charge in [0.15, 0.2) is 0 Å². The molecule has 1 aromatic carbocycles. The van der Waals surface area contributed by atoms with Crippen LogP contribution in [0.1, 0.15) is 46.4 Å². The second-order valence-electron chi connectivity index (χ2n) is 6.85. The zero-order valence-electron chi connectivity index (χ0n) is 15.6. The number of nitrogens with zero attached hydrogens (tertiary/aromatic N) is 2. The second kappa shape index (κ2) is 8.77. The summed E-state index contributed by atoms with van der Waals surface area (Å²) in [7, 11) is 1.81. The Labute approximate surface area is 159 Å². The largest absolute Gasteiger partial charge is 0.378 e. The molecule has 1 atom stereocenters. The van der Waals surface area contributed by atoms with Gasteiger partial charge in [0.2, 0.25) is 0 Å². The molecule has 142 valence electrons. The number of benzene rings is 1. The first kappa shape index (κ1) is 19.0. The average molecular weight is 367 g/mol. The standard InChI is InChI=1S/C21H25N3O3/c1-24(12-4-8-17-9-5-13-27-17)21(26)16-7-2-6-15(14-16)19-18(20(22)25)10-3-11-23-19/h2-3,6-7,10-11,14,17H,4-5,8-9,12-13H2,1H3,(H2,22,25)/t17-/m0/s1. The topological polar surface area (TPSA) is 85.5 Å². The van der Waals surface area contributed by atoms with Crippen LogP contribution in [0.15, 0.2) is 42.6 Å². The van der Waals surface area contributed by atoms with E-state index in [1.165, 1.54) is 0 Å². The zero-order valence-corrected chi connectivity index (χ0v) is 15.6. The first-order valence-electron chi connectivity index (χ1n) is 9.28. The minimum Gasteiger partial charge on any atom is -0.378 e. The van der Waals surface area contributed by atoms with Crippen LogP contribution in [0.25, 0.3) is 11.3 Å². The molecule has 0 bridgehead atoms. The Morgan fingerprint density at radius 3 is 2.89 bits per heavy atom. The van der Waals surface area contributed by atoms with Crippen molar-refractivity contribution in [2.45, 2.75) is 31.8 Å². The van der Waals surface area contributed by atoms with Crippen molar-refractivity contribution in [1.82, 2.24) is 9.88 Å². The van der Waals surface area contributed by atoms with Gasteiger partial charge in [-0.1, -0.05) is 12.1 Å². The Hall–Kier alpha value is -2.73. The number of ether oxygens (including phenoxy) is 1. The Morgan fingerprint density at radius 1 is 1.30 bits per heavy atom. The zero-order chi connectivity index (χ0) is 19.2. The molecule has 1 fully saturated rings. The molecule has 1 saturated heterocycles. The molecule has 27 heavy (non-hydrogen) atoms. The average Bonchev–Trinajstić information content (AvgIpc) is 3.21. The highest BCUT2D eigenvalue weighted by atomic mass is 16.5. The number of carbonyl (C=O) groups excluding carboxylic acids is 2. The van der Waals surface area contributed by atoms with Gasteiger partial charge in [-0.05, 0) is 49.9 Å². The molecule has 0 spiro atoms. The first-order valence-corrected chi connectivity index (χ1v) is 9.28. The summed E-state index contributed by atoms with van der Waals surface area (Å²) in [6, 6.07) is 10.4. The quantitative estimate of drug-likeness (QED) is 0.815. The van der Waals surface area contributed by atoms with Crippen LogP contribution in [-0.2, 0) is 4.74 Å². The summed E-state index contributed by atoms with van der Waals surface area (Å²) in [6.07, 6.45) is 6.09. The van der Waals surface area contributed by atoms with Crippen LogP contribution in [0.2, 0.25) is 0 Å². The summed E-state index contributed by atoms with van der Waals surface area (Å²) in [5, 5.41) is 0. The van der Waals surface area contributed by atoms with E-state index in [1.807, 2.05) is 6.07 Å². The summed E-state index contributed by atoms with van der Waals surface area (Å²) < 4.78 is 5.63. The maximum absolute atomic E-state index is 12.8. The van der Waals surface area contributed by atoms with Crippen molar-refractivity contribution in [2.24, 2.45) is 5.73 Å². The summed E-state index contributed by atoms with van der Waals surface area (Å²) in [5.41, 5.74) is 7.53. The van der Waals surface area contributed by atoms with Crippen LogP contribution in [-0.4, -0.2) is 48.0 Å². The van der Waals surface area contributed by atoms with Crippen molar-refractivity contribution >= 4 is 11.8 Å². The summed E-state index contributed by atoms with van der Waals surface area (Å²) in [6.45, 7) is 1.53. The van der Waals surface area contributed by atoms with Crippen LogP contribution in [0.4, 0.5) is 0 Å². The van der Waals surface area contributed by atoms with E-state index < -0.39 is 5.91 Å². The Balaban J connectivity index is 1.69. The van der Waals surface area contributed by atoms with Crippen LogP contribution in [0, 0.1) is 0 Å². The number of pyridine rings is 1. The van der Waals surface area contributed by atoms with Gasteiger partial charge >= 0.3 is 0 Å². The highest BCUT2D eigenvalue weighted by molar-refractivity contribution is 6.00. The minimum absolute atomic E-state index is 0.0549. The van der Waals surface area contributed by atoms with E-state index in [1.54, 1.807) is 48.5 Å². The second-order valence-corrected chi connectivity index (χ2v) is 6.85. The maximum Gasteiger partial charge on any atom is 0.253 e. The lowest BCUT2D eigenvalue weighted by molar-refractivity contribution is 0.0763. The van der Waals surface area contributed by atoms with E-state index in [4.69, 9.17) is 10.5 Å². The van der Waals surface area contributed by atoms with E-state index in [2.05, 4.69) is 4.98 Å². The number of amides is 2. The van der Waals surface area contributed by atoms with Crippen LogP contribution >= 0.6 is 0 Å². The molecule has 6 heteroatoms. The Morgan fingerprint density at radius 2 is 2.15 bits per heavy atom. The molecule has 1 aromatic heterocycles. The molecule has 2 amide bonds. The van der Waals surface area contributed by atoms with Gasteiger partial charge in [-0.25, -0.2) is 0 Å². The van der Waals surface area contributed by atoms with Gasteiger partial charge in [0.25, 0.3) is 11.8 Å². The molecule has 1 aliphatic rings. The van der Waals surface area contributed by atoms with Crippen molar-refractivity contribution in [3.63, 3.8) is 0 Å². The summed E-state index contributed by atoms with van der Waals surface area (Å²) in [5.74, 6) is -0.596. The van der Waals surface area contributed by atoms with Gasteiger partial charge in [-0.15, -0.1) is 0 Å². The molecule has 0 unspecified atom stereocenters. The number of nitrogens with two attached hydrogens (primary N) is 1. The van der Waals surface area contributed by atoms with Crippen LogP contribution in [0.5, 0.6) is 0 Å². The molecular weight excluding hydrogens is 342 g/mol. The monoisotopic (exact) mass is 367 g/mol. The fourth-order valence-electron chi connectivity index (χ4n) is 3.38. The fraction of sp³-hybridized carbons (Fsp3) is 0.381. The van der Waals surface area contributed by atoms with Crippen LogP contribution < -0.4 is 5.73 Å². The lowest BCUT2D eigenvalue weighted by Crippen LogP contribution is -2.28. The van der Waals surface area contributed by atoms with Crippen molar-refractivity contribution in [2.75, 3.05) is 20.2 Å². The molecule has 2 N–H and O–H groups in total. The van der Waals surface area contributed by atoms with Gasteiger partial charge in [0.05, 0.1) is 17.4 Å². The fourth-order valence-corrected chi connectivity index (χ4v) is 3.38. The van der Waals surface area contributed by atoms with Crippen molar-refractivity contribution in [3.8, 4) is 11.3 Å². The number of primary amides is 1. The number of hydrogen-bond donors (Lipinski definition) is 1. The van der Waals surface area contributed by atoms with E-state index in [-0.39, 0.29) is 5.91 Å². The van der Waals surface area contributed by atoms with E-state index in [0.29, 0.717) is 35.0 Å². The SMILES string of the molecule is CN(CCC[C@H]1CCCO1)C(=O)c1cccc(-c2ncccc2C(N)=O)c1. The van der Waals surface area contributed by atoms with Crippen LogP contribution in [0.3, 0.4) is 0 Å². The van der Waals surface area contributed by atoms with Gasteiger partial charge in [0.1, 0.15) is 0 Å². The predicted octanol–water partition coefficient (Wildman–Crippen LogP) is 2.88. The number of hydrogen-bond acceptors (Lipinski definition) is 4. The normalized spacial score (nSPS) is 16.3. The van der Waals surface area contributed by atoms with Crippen molar-refractivity contribution in [1.29, 1.82) is 0 Å². The number of carbonyl (C=O) groups is 2. The van der Waals surface area contributed by atoms with Gasteiger partial charge in [-0.3, -0.25) is 14.6 Å². The van der Waals surface area contributed by atoms with E-state index in [9.17, 15) is 9.59 Å². The predicted molar refractivity (Wildman–Crippen MR) is 103 cm³/mol. The molecule has 0 radical (unpaired) electrons. The third-order valence-corrected chi connectivity index (χ3v) is 4.85. The smallest absolute Gasteiger partial charge is 0.253 e. The lowest BCUT2D eigenvalue weighted by atomic mass is 10.0. The van der Waals surface area contributed by atoms with Crippen molar-refractivity contribution < 1.29 is 14.3 Å². The lowest BCUT2D eigenvalue weighted by Gasteiger charge is -2.19. The number of aromatic nitrogens is 1. The molecule has 3 rings (SSSR count). The minimum atomic E-state index is -0.541. The Kier molecular flexibility index (Phi) is 6.19. The molecule has 6 nitrogen and oxygen atoms in total. The maximum atomic E-state index is 12.8. The molecule has 0 saturated carbocycles. The van der Waals surface area contributed by atoms with E-state index in [0.717, 1.165) is 32.3 Å². The third kappa shape index (κ3) is 4.71. The number of rotatable bonds is 7. The summed E-state index contributed by atoms with van der Waals surface area (Å²) in [4.78, 5) is 30.4.